The summed E-state index contributed by atoms with van der Waals surface area (Å²) in [5.74, 6) is -3.86. The largest absolute Gasteiger partial charge is 0.480 e. The lowest BCUT2D eigenvalue weighted by molar-refractivity contribution is -0.154. The number of hydrogen-bond donors (Lipinski definition) is 6. The Morgan fingerprint density at radius 2 is 1.47 bits per heavy atom. The molecule has 0 fully saturated rings. The molecule has 0 aliphatic rings. The summed E-state index contributed by atoms with van der Waals surface area (Å²) in [4.78, 5) is 40.7. The van der Waals surface area contributed by atoms with Crippen LogP contribution in [-0.2, 0) is 31.0 Å². The van der Waals surface area contributed by atoms with E-state index in [2.05, 4.69) is 15.4 Å². The average molecular weight is 609 g/mol. The summed E-state index contributed by atoms with van der Waals surface area (Å²) in [6.45, 7) is -0.370. The monoisotopic (exact) mass is 608 g/mol. The van der Waals surface area contributed by atoms with Crippen LogP contribution in [0.25, 0.3) is 0 Å². The summed E-state index contributed by atoms with van der Waals surface area (Å²) in [7, 11) is -3.45. The van der Waals surface area contributed by atoms with Crippen molar-refractivity contribution in [2.24, 2.45) is 5.73 Å². The van der Waals surface area contributed by atoms with E-state index in [-0.39, 0.29) is 25.5 Å². The Bertz CT molecular complexity index is 1460. The van der Waals surface area contributed by atoms with Crippen LogP contribution >= 0.6 is 0 Å². The molecule has 43 heavy (non-hydrogen) atoms. The van der Waals surface area contributed by atoms with Crippen LogP contribution in [0.5, 0.6) is 0 Å². The van der Waals surface area contributed by atoms with E-state index in [0.717, 1.165) is 16.7 Å². The van der Waals surface area contributed by atoms with Gasteiger partial charge in [-0.15, -0.1) is 0 Å². The predicted molar refractivity (Wildman–Crippen MR) is 164 cm³/mol. The molecule has 0 spiro atoms. The molecule has 1 atom stereocenters. The molecule has 3 aromatic carbocycles. The van der Waals surface area contributed by atoms with Crippen molar-refractivity contribution in [3.63, 3.8) is 0 Å². The van der Waals surface area contributed by atoms with E-state index in [0.29, 0.717) is 23.2 Å². The smallest absolute Gasteiger partial charge is 0.323 e. The number of anilines is 1. The Kier molecular flexibility index (Phi) is 11.8. The van der Waals surface area contributed by atoms with Crippen molar-refractivity contribution >= 4 is 39.5 Å². The summed E-state index contributed by atoms with van der Waals surface area (Å²) < 4.78 is 25.4. The van der Waals surface area contributed by atoms with Gasteiger partial charge >= 0.3 is 5.97 Å². The van der Waals surface area contributed by atoms with Gasteiger partial charge in [0.2, 0.25) is 21.8 Å². The molecule has 0 aliphatic carbocycles. The number of benzene rings is 3. The van der Waals surface area contributed by atoms with Gasteiger partial charge in [-0.3, -0.25) is 29.4 Å². The summed E-state index contributed by atoms with van der Waals surface area (Å²) in [6.07, 6.45) is 1.64. The highest BCUT2D eigenvalue weighted by atomic mass is 32.2. The first-order chi connectivity index (χ1) is 20.4. The lowest BCUT2D eigenvalue weighted by Crippen LogP contribution is -2.52. The zero-order valence-electron chi connectivity index (χ0n) is 23.7. The fourth-order valence-corrected chi connectivity index (χ4v) is 5.06. The van der Waals surface area contributed by atoms with Crippen LogP contribution in [0.2, 0.25) is 0 Å². The molecule has 12 nitrogen and oxygen atoms in total. The third kappa shape index (κ3) is 10.5. The Morgan fingerprint density at radius 1 is 0.907 bits per heavy atom. The second kappa shape index (κ2) is 15.5. The number of carboxylic acid groups (broad SMARTS) is 1. The van der Waals surface area contributed by atoms with Crippen molar-refractivity contribution in [2.45, 2.75) is 31.3 Å². The molecule has 13 heteroatoms. The van der Waals surface area contributed by atoms with Gasteiger partial charge in [0, 0.05) is 18.8 Å². The second-order valence-corrected chi connectivity index (χ2v) is 11.6. The van der Waals surface area contributed by atoms with E-state index in [1.165, 1.54) is 0 Å². The maximum atomic E-state index is 14.1. The van der Waals surface area contributed by atoms with Gasteiger partial charge in [-0.05, 0) is 41.7 Å². The molecule has 3 aromatic rings. The summed E-state index contributed by atoms with van der Waals surface area (Å²) in [5.41, 5.74) is 7.69. The van der Waals surface area contributed by atoms with Gasteiger partial charge in [0.05, 0.1) is 18.2 Å². The molecule has 2 amide bonds. The Morgan fingerprint density at radius 3 is 1.95 bits per heavy atom. The third-order valence-corrected chi connectivity index (χ3v) is 7.04. The highest BCUT2D eigenvalue weighted by Gasteiger charge is 2.35. The lowest BCUT2D eigenvalue weighted by atomic mass is 9.89. The number of amides is 2. The van der Waals surface area contributed by atoms with Crippen LogP contribution in [0.15, 0.2) is 84.9 Å². The van der Waals surface area contributed by atoms with E-state index in [9.17, 15) is 27.9 Å². The molecule has 228 valence electrons. The molecule has 0 saturated heterocycles. The maximum Gasteiger partial charge on any atom is 0.323 e. The normalized spacial score (nSPS) is 11.9. The Hall–Kier alpha value is -4.75. The third-order valence-electron chi connectivity index (χ3n) is 6.43. The van der Waals surface area contributed by atoms with Gasteiger partial charge in [0.25, 0.3) is 0 Å². The predicted octanol–water partition coefficient (Wildman–Crippen LogP) is 2.05. The molecule has 0 radical (unpaired) electrons. The van der Waals surface area contributed by atoms with Gasteiger partial charge in [0.1, 0.15) is 6.54 Å². The highest BCUT2D eigenvalue weighted by Crippen LogP contribution is 2.27. The molecule has 3 rings (SSSR count). The number of rotatable bonds is 15. The van der Waals surface area contributed by atoms with Crippen LogP contribution in [0.4, 0.5) is 5.69 Å². The molecular weight excluding hydrogens is 572 g/mol. The fourth-order valence-electron chi connectivity index (χ4n) is 4.50. The highest BCUT2D eigenvalue weighted by molar-refractivity contribution is 7.92. The summed E-state index contributed by atoms with van der Waals surface area (Å²) in [5, 5.41) is 22.9. The first-order valence-corrected chi connectivity index (χ1v) is 15.4. The molecule has 0 aliphatic heterocycles. The molecule has 0 saturated carbocycles. The summed E-state index contributed by atoms with van der Waals surface area (Å²) >= 11 is 0. The number of carbonyl (C=O) groups is 3. The SMILES string of the molecule is CS(=O)(=O)Nc1ccc(CN[C@@H](CCCNC(=N)N)C(=O)N(CC(=O)O)C(=O)C(c2ccccc2)c2ccccc2)cc1. The molecule has 0 heterocycles. The van der Waals surface area contributed by atoms with Crippen LogP contribution in [-0.4, -0.2) is 67.6 Å². The van der Waals surface area contributed by atoms with Crippen molar-refractivity contribution in [2.75, 3.05) is 24.1 Å². The zero-order chi connectivity index (χ0) is 31.4. The van der Waals surface area contributed by atoms with Crippen LogP contribution in [0.1, 0.15) is 35.4 Å². The topological polar surface area (TPSA) is 195 Å². The number of sulfonamides is 1. The van der Waals surface area contributed by atoms with Gasteiger partial charge in [-0.2, -0.15) is 0 Å². The number of carbonyl (C=O) groups excluding carboxylic acids is 2. The van der Waals surface area contributed by atoms with Crippen LogP contribution in [0, 0.1) is 5.41 Å². The van der Waals surface area contributed by atoms with Gasteiger partial charge in [-0.25, -0.2) is 8.42 Å². The van der Waals surface area contributed by atoms with Crippen LogP contribution in [0.3, 0.4) is 0 Å². The van der Waals surface area contributed by atoms with Gasteiger partial charge < -0.3 is 21.5 Å². The maximum absolute atomic E-state index is 14.1. The standard InChI is InChI=1S/C30H36N6O6S/c1-43(41,42)35-24-16-14-21(15-17-24)19-34-25(13-8-18-33-30(31)32)28(39)36(20-26(37)38)29(40)27(22-9-4-2-5-10-22)23-11-6-3-7-12-23/h2-7,9-12,14-17,25,27,34-35H,8,13,18-20H2,1H3,(H,37,38)(H4,31,32,33)/t25-/m0/s1. The molecule has 0 bridgehead atoms. The minimum atomic E-state index is -3.45. The molecule has 0 unspecified atom stereocenters. The van der Waals surface area contributed by atoms with Crippen molar-refractivity contribution in [1.82, 2.24) is 15.5 Å². The van der Waals surface area contributed by atoms with Crippen LogP contribution < -0.4 is 21.1 Å². The fraction of sp³-hybridized carbons (Fsp3) is 0.267. The number of guanidine groups is 1. The van der Waals surface area contributed by atoms with E-state index < -0.39 is 46.3 Å². The minimum absolute atomic E-state index is 0.172. The van der Waals surface area contributed by atoms with Gasteiger partial charge in [-0.1, -0.05) is 72.8 Å². The first kappa shape index (κ1) is 32.8. The number of aliphatic carboxylic acids is 1. The van der Waals surface area contributed by atoms with E-state index in [4.69, 9.17) is 11.1 Å². The molecule has 7 N–H and O–H groups in total. The quantitative estimate of drug-likeness (QED) is 0.0850. The van der Waals surface area contributed by atoms with Crippen molar-refractivity contribution < 1.29 is 27.9 Å². The molecular formula is C30H36N6O6S. The minimum Gasteiger partial charge on any atom is -0.480 e. The van der Waals surface area contributed by atoms with Crippen molar-refractivity contribution in [3.8, 4) is 0 Å². The number of carboxylic acids is 1. The Balaban J connectivity index is 1.89. The summed E-state index contributed by atoms with van der Waals surface area (Å²) in [6, 6.07) is 23.3. The Labute approximate surface area is 250 Å². The number of nitrogens with one attached hydrogen (secondary N) is 4. The van der Waals surface area contributed by atoms with E-state index in [1.54, 1.807) is 84.9 Å². The number of hydrogen-bond acceptors (Lipinski definition) is 7. The second-order valence-electron chi connectivity index (χ2n) is 9.90. The number of nitrogens with zero attached hydrogens (tertiary/aromatic N) is 1. The van der Waals surface area contributed by atoms with Crippen molar-refractivity contribution in [3.05, 3.63) is 102 Å². The number of nitrogens with two attached hydrogens (primary N) is 1. The van der Waals surface area contributed by atoms with E-state index in [1.807, 2.05) is 0 Å². The average Bonchev–Trinajstić information content (AvgIpc) is 2.96. The zero-order valence-corrected chi connectivity index (χ0v) is 24.5. The first-order valence-electron chi connectivity index (χ1n) is 13.5. The lowest BCUT2D eigenvalue weighted by Gasteiger charge is -2.29. The van der Waals surface area contributed by atoms with Gasteiger partial charge in [0.15, 0.2) is 5.96 Å². The molecule has 0 aromatic heterocycles. The van der Waals surface area contributed by atoms with E-state index >= 15 is 0 Å². The number of imide groups is 1. The van der Waals surface area contributed by atoms with Crippen molar-refractivity contribution in [1.29, 1.82) is 5.41 Å².